The van der Waals surface area contributed by atoms with Crippen LogP contribution in [0.15, 0.2) is 60.7 Å². The fourth-order valence-electron chi connectivity index (χ4n) is 5.83. The molecular weight excluding hydrogens is 558 g/mol. The molecule has 0 aliphatic rings. The summed E-state index contributed by atoms with van der Waals surface area (Å²) >= 11 is 0. The molecule has 5 heteroatoms. The van der Waals surface area contributed by atoms with Crippen molar-refractivity contribution in [3.8, 4) is 0 Å². The zero-order chi connectivity index (χ0) is 32.3. The number of unbranched alkanes of at least 4 members (excludes halogenated alkanes) is 16. The highest BCUT2D eigenvalue weighted by Crippen LogP contribution is 2.15. The van der Waals surface area contributed by atoms with Crippen molar-refractivity contribution in [2.24, 2.45) is 0 Å². The Morgan fingerprint density at radius 2 is 0.733 bits per heavy atom. The van der Waals surface area contributed by atoms with Gasteiger partial charge in [0.15, 0.2) is 0 Å². The van der Waals surface area contributed by atoms with Gasteiger partial charge in [-0.15, -0.1) is 0 Å². The highest BCUT2D eigenvalue weighted by Gasteiger charge is 2.13. The number of carbonyl (C=O) groups excluding carboxylic acids is 2. The minimum atomic E-state index is -0.0734. The van der Waals surface area contributed by atoms with E-state index in [9.17, 15) is 9.59 Å². The molecule has 0 atom stereocenters. The van der Waals surface area contributed by atoms with E-state index in [1.807, 2.05) is 60.7 Å². The molecule has 0 aliphatic carbocycles. The molecule has 0 spiro atoms. The largest absolute Gasteiger partial charge is 0.461 e. The molecule has 0 amide bonds. The van der Waals surface area contributed by atoms with E-state index in [2.05, 4.69) is 14.1 Å². The van der Waals surface area contributed by atoms with Gasteiger partial charge in [-0.05, 0) is 49.7 Å². The highest BCUT2D eigenvalue weighted by molar-refractivity contribution is 5.69. The zero-order valence-corrected chi connectivity index (χ0v) is 28.8. The van der Waals surface area contributed by atoms with E-state index in [1.165, 1.54) is 103 Å². The minimum Gasteiger partial charge on any atom is -0.461 e. The molecular formula is C40H64NO4+. The summed E-state index contributed by atoms with van der Waals surface area (Å²) in [5, 5.41) is 0. The predicted octanol–water partition coefficient (Wildman–Crippen LogP) is 10.4. The van der Waals surface area contributed by atoms with Gasteiger partial charge in [0.25, 0.3) is 0 Å². The van der Waals surface area contributed by atoms with Gasteiger partial charge in [0.1, 0.15) is 13.2 Å². The lowest BCUT2D eigenvalue weighted by atomic mass is 10.1. The van der Waals surface area contributed by atoms with Crippen molar-refractivity contribution in [1.29, 1.82) is 0 Å². The molecule has 0 aliphatic heterocycles. The summed E-state index contributed by atoms with van der Waals surface area (Å²) in [7, 11) is 4.80. The third-order valence-electron chi connectivity index (χ3n) is 8.77. The molecule has 0 saturated heterocycles. The Bertz CT molecular complexity index is 912. The lowest BCUT2D eigenvalue weighted by molar-refractivity contribution is -0.890. The first-order valence-electron chi connectivity index (χ1n) is 18.2. The fraction of sp³-hybridized carbons (Fsp3) is 0.650. The lowest BCUT2D eigenvalue weighted by Gasteiger charge is -2.30. The Morgan fingerprint density at radius 1 is 0.444 bits per heavy atom. The summed E-state index contributed by atoms with van der Waals surface area (Å²) in [5.74, 6) is -0.147. The van der Waals surface area contributed by atoms with Crippen LogP contribution in [0.1, 0.15) is 140 Å². The smallest absolute Gasteiger partial charge is 0.306 e. The number of hydrogen-bond acceptors (Lipinski definition) is 4. The molecule has 0 saturated carbocycles. The second-order valence-electron chi connectivity index (χ2n) is 13.5. The number of carbonyl (C=O) groups is 2. The Balaban J connectivity index is 1.27. The minimum absolute atomic E-state index is 0.0734. The first-order valence-corrected chi connectivity index (χ1v) is 18.2. The molecule has 0 radical (unpaired) electrons. The van der Waals surface area contributed by atoms with Gasteiger partial charge in [-0.1, -0.05) is 138 Å². The number of rotatable bonds is 28. The van der Waals surface area contributed by atoms with Crippen LogP contribution in [-0.4, -0.2) is 43.6 Å². The number of ether oxygens (including phenoxy) is 2. The van der Waals surface area contributed by atoms with Crippen molar-refractivity contribution in [2.75, 3.05) is 27.2 Å². The maximum absolute atomic E-state index is 11.9. The monoisotopic (exact) mass is 622 g/mol. The molecule has 0 fully saturated rings. The van der Waals surface area contributed by atoms with Gasteiger partial charge in [0.2, 0.25) is 0 Å². The third kappa shape index (κ3) is 22.5. The first kappa shape index (κ1) is 38.5. The van der Waals surface area contributed by atoms with E-state index in [-0.39, 0.29) is 11.9 Å². The van der Waals surface area contributed by atoms with E-state index in [0.29, 0.717) is 26.1 Å². The molecule has 2 aromatic carbocycles. The van der Waals surface area contributed by atoms with Gasteiger partial charge in [-0.25, -0.2) is 0 Å². The number of quaternary nitrogens is 1. The van der Waals surface area contributed by atoms with Gasteiger partial charge < -0.3 is 14.0 Å². The molecule has 0 N–H and O–H groups in total. The highest BCUT2D eigenvalue weighted by atomic mass is 16.5. The average Bonchev–Trinajstić information content (AvgIpc) is 3.05. The number of nitrogens with zero attached hydrogens (tertiary/aromatic N) is 1. The van der Waals surface area contributed by atoms with E-state index in [1.54, 1.807) is 0 Å². The van der Waals surface area contributed by atoms with Gasteiger partial charge >= 0.3 is 11.9 Å². The average molecular weight is 623 g/mol. The molecule has 2 rings (SSSR count). The van der Waals surface area contributed by atoms with Crippen LogP contribution in [0.2, 0.25) is 0 Å². The van der Waals surface area contributed by atoms with Crippen LogP contribution in [0.25, 0.3) is 0 Å². The number of esters is 2. The van der Waals surface area contributed by atoms with Crippen LogP contribution >= 0.6 is 0 Å². The molecule has 252 valence electrons. The maximum Gasteiger partial charge on any atom is 0.306 e. The van der Waals surface area contributed by atoms with E-state index < -0.39 is 0 Å². The van der Waals surface area contributed by atoms with Crippen molar-refractivity contribution in [2.45, 2.75) is 142 Å². The third-order valence-corrected chi connectivity index (χ3v) is 8.77. The number of benzene rings is 2. The predicted molar refractivity (Wildman–Crippen MR) is 187 cm³/mol. The van der Waals surface area contributed by atoms with Crippen molar-refractivity contribution >= 4 is 11.9 Å². The van der Waals surface area contributed by atoms with Crippen molar-refractivity contribution in [3.05, 3.63) is 71.8 Å². The zero-order valence-electron chi connectivity index (χ0n) is 28.8. The van der Waals surface area contributed by atoms with Gasteiger partial charge in [-0.2, -0.15) is 0 Å². The summed E-state index contributed by atoms with van der Waals surface area (Å²) in [6.45, 7) is 3.36. The van der Waals surface area contributed by atoms with E-state index in [0.717, 1.165) is 41.3 Å². The van der Waals surface area contributed by atoms with Crippen molar-refractivity contribution < 1.29 is 23.5 Å². The topological polar surface area (TPSA) is 52.6 Å². The molecule has 0 unspecified atom stereocenters. The van der Waals surface area contributed by atoms with Gasteiger partial charge in [-0.3, -0.25) is 9.59 Å². The molecule has 2 aromatic rings. The van der Waals surface area contributed by atoms with Gasteiger partial charge in [0, 0.05) is 12.8 Å². The SMILES string of the molecule is C[N+](C)(CCCCCCCCCCCC(=O)OCc1ccccc1)CCCCCCCCCCCC(=O)OCc1ccccc1. The summed E-state index contributed by atoms with van der Waals surface area (Å²) in [4.78, 5) is 23.8. The first-order chi connectivity index (χ1) is 21.9. The van der Waals surface area contributed by atoms with Crippen LogP contribution in [-0.2, 0) is 32.3 Å². The molecule has 5 nitrogen and oxygen atoms in total. The molecule has 0 heterocycles. The van der Waals surface area contributed by atoms with Crippen LogP contribution in [0.3, 0.4) is 0 Å². The quantitative estimate of drug-likeness (QED) is 0.0538. The van der Waals surface area contributed by atoms with Gasteiger partial charge in [0.05, 0.1) is 27.2 Å². The van der Waals surface area contributed by atoms with Crippen molar-refractivity contribution in [1.82, 2.24) is 0 Å². The molecule has 0 bridgehead atoms. The standard InChI is InChI=1S/C40H64NO4/c1-41(2,33-25-15-11-7-3-5-9-13-23-31-39(42)44-35-37-27-19-17-20-28-37)34-26-16-12-8-4-6-10-14-24-32-40(43)45-36-38-29-21-18-22-30-38/h17-22,27-30H,3-16,23-26,31-36H2,1-2H3/q+1. The molecule has 45 heavy (non-hydrogen) atoms. The van der Waals surface area contributed by atoms with Crippen molar-refractivity contribution in [3.63, 3.8) is 0 Å². The molecule has 0 aromatic heterocycles. The summed E-state index contributed by atoms with van der Waals surface area (Å²) < 4.78 is 11.9. The van der Waals surface area contributed by atoms with Crippen LogP contribution in [0, 0.1) is 0 Å². The second-order valence-corrected chi connectivity index (χ2v) is 13.5. The van der Waals surface area contributed by atoms with E-state index in [4.69, 9.17) is 9.47 Å². The second kappa shape index (κ2) is 25.5. The summed E-state index contributed by atoms with van der Waals surface area (Å²) in [5.41, 5.74) is 2.10. The Morgan fingerprint density at radius 3 is 1.07 bits per heavy atom. The Hall–Kier alpha value is -2.66. The van der Waals surface area contributed by atoms with E-state index >= 15 is 0 Å². The summed E-state index contributed by atoms with van der Waals surface area (Å²) in [6, 6.07) is 19.8. The Labute approximate surface area is 275 Å². The summed E-state index contributed by atoms with van der Waals surface area (Å²) in [6.07, 6.45) is 23.6. The number of hydrogen-bond donors (Lipinski definition) is 0. The Kier molecular flexibility index (Phi) is 21.8. The van der Waals surface area contributed by atoms with Crippen LogP contribution < -0.4 is 0 Å². The van der Waals surface area contributed by atoms with Crippen LogP contribution in [0.4, 0.5) is 0 Å². The van der Waals surface area contributed by atoms with Crippen LogP contribution in [0.5, 0.6) is 0 Å². The normalized spacial score (nSPS) is 11.4. The maximum atomic E-state index is 11.9. The fourth-order valence-corrected chi connectivity index (χ4v) is 5.83. The lowest BCUT2D eigenvalue weighted by Crippen LogP contribution is -2.41.